The molecule has 0 aliphatic rings. The predicted molar refractivity (Wildman–Crippen MR) is 58.6 cm³/mol. The van der Waals surface area contributed by atoms with Gasteiger partial charge in [0.2, 0.25) is 0 Å². The first-order chi connectivity index (χ1) is 7.95. The van der Waals surface area contributed by atoms with Crippen LogP contribution in [0.3, 0.4) is 0 Å². The second kappa shape index (κ2) is 4.03. The third-order valence-electron chi connectivity index (χ3n) is 2.37. The predicted octanol–water partition coefficient (Wildman–Crippen LogP) is 0.206. The van der Waals surface area contributed by atoms with Crippen LogP contribution in [0.5, 0.6) is 0 Å². The van der Waals surface area contributed by atoms with Crippen molar-refractivity contribution in [3.05, 3.63) is 56.2 Å². The van der Waals surface area contributed by atoms with E-state index in [4.69, 9.17) is 0 Å². The normalized spacial score (nSPS) is 10.5. The Kier molecular flexibility index (Phi) is 2.39. The van der Waals surface area contributed by atoms with Gasteiger partial charge < -0.3 is 0 Å². The first-order valence-electron chi connectivity index (χ1n) is 4.87. The van der Waals surface area contributed by atoms with Crippen LogP contribution in [0, 0.1) is 0 Å². The standard InChI is InChI=1S/3C3H3N2.Ga/c3*1-2-5-3-4-1;/h3*1-3H;/q3*-1;+3. The van der Waals surface area contributed by atoms with Gasteiger partial charge in [0, 0.05) is 0 Å². The third kappa shape index (κ3) is 1.59. The molecule has 7 heteroatoms. The van der Waals surface area contributed by atoms with Gasteiger partial charge in [-0.3, -0.25) is 0 Å². The molecule has 3 aromatic heterocycles. The van der Waals surface area contributed by atoms with Crippen molar-refractivity contribution in [3.63, 3.8) is 0 Å². The van der Waals surface area contributed by atoms with Gasteiger partial charge in [-0.05, 0) is 0 Å². The summed E-state index contributed by atoms with van der Waals surface area (Å²) in [5, 5.41) is 0. The SMILES string of the molecule is c1c[n]([Ga]([n]2ccnc2)[n]2ccnc2)cn1. The Labute approximate surface area is 98.0 Å². The summed E-state index contributed by atoms with van der Waals surface area (Å²) in [4.78, 5) is 12.3. The van der Waals surface area contributed by atoms with E-state index in [1.165, 1.54) is 0 Å². The van der Waals surface area contributed by atoms with Crippen molar-refractivity contribution in [2.75, 3.05) is 0 Å². The number of rotatable bonds is 3. The summed E-state index contributed by atoms with van der Waals surface area (Å²) in [5.41, 5.74) is 0. The van der Waals surface area contributed by atoms with E-state index in [-0.39, 0.29) is 0 Å². The maximum absolute atomic E-state index is 4.11. The molecule has 0 bridgehead atoms. The molecule has 0 unspecified atom stereocenters. The Morgan fingerprint density at radius 1 is 0.625 bits per heavy atom. The zero-order valence-corrected chi connectivity index (χ0v) is 10.9. The summed E-state index contributed by atoms with van der Waals surface area (Å²) in [6.45, 7) is 0. The average molecular weight is 271 g/mol. The zero-order valence-electron chi connectivity index (χ0n) is 8.46. The Balaban J connectivity index is 2.09. The Morgan fingerprint density at radius 3 is 1.25 bits per heavy atom. The van der Waals surface area contributed by atoms with Gasteiger partial charge in [-0.25, -0.2) is 0 Å². The summed E-state index contributed by atoms with van der Waals surface area (Å²) in [6, 6.07) is 0. The van der Waals surface area contributed by atoms with Crippen LogP contribution in [0.25, 0.3) is 0 Å². The Morgan fingerprint density at radius 2 is 1.00 bits per heavy atom. The summed E-state index contributed by atoms with van der Waals surface area (Å²) in [5.74, 6) is 0. The molecule has 0 spiro atoms. The van der Waals surface area contributed by atoms with Crippen LogP contribution in [-0.4, -0.2) is 41.7 Å². The molecule has 0 amide bonds. The molecule has 3 aromatic rings. The molecule has 0 atom stereocenters. The molecule has 0 N–H and O–H groups in total. The second-order valence-electron chi connectivity index (χ2n) is 3.38. The second-order valence-corrected chi connectivity index (χ2v) is 8.58. The van der Waals surface area contributed by atoms with E-state index in [0.717, 1.165) is 0 Å². The number of hydrogen-bond acceptors (Lipinski definition) is 3. The van der Waals surface area contributed by atoms with Gasteiger partial charge in [-0.1, -0.05) is 0 Å². The van der Waals surface area contributed by atoms with E-state index < -0.39 is 16.9 Å². The van der Waals surface area contributed by atoms with Gasteiger partial charge in [0.25, 0.3) is 0 Å². The van der Waals surface area contributed by atoms with E-state index in [1.54, 1.807) is 18.6 Å². The fraction of sp³-hybridized carbons (Fsp3) is 0. The minimum atomic E-state index is -2.14. The van der Waals surface area contributed by atoms with Crippen molar-refractivity contribution in [1.29, 1.82) is 0 Å². The van der Waals surface area contributed by atoms with E-state index in [0.29, 0.717) is 0 Å². The van der Waals surface area contributed by atoms with Crippen molar-refractivity contribution in [2.45, 2.75) is 0 Å². The fourth-order valence-electron chi connectivity index (χ4n) is 1.68. The molecule has 0 aliphatic carbocycles. The van der Waals surface area contributed by atoms with Crippen LogP contribution in [-0.2, 0) is 0 Å². The summed E-state index contributed by atoms with van der Waals surface area (Å²) in [6.07, 6.45) is 16.9. The first kappa shape index (κ1) is 9.49. The molecular formula is C9H9GaN6. The monoisotopic (exact) mass is 270 g/mol. The topological polar surface area (TPSA) is 53.5 Å². The van der Waals surface area contributed by atoms with Crippen LogP contribution in [0.1, 0.15) is 0 Å². The molecule has 78 valence electrons. The third-order valence-corrected chi connectivity index (χ3v) is 7.65. The van der Waals surface area contributed by atoms with E-state index in [2.05, 4.69) is 24.8 Å². The average Bonchev–Trinajstić information content (AvgIpc) is 3.02. The molecule has 16 heavy (non-hydrogen) atoms. The number of aromatic nitrogens is 6. The molecule has 0 aliphatic heterocycles. The van der Waals surface area contributed by atoms with Crippen molar-refractivity contribution >= 4 is 16.9 Å². The summed E-state index contributed by atoms with van der Waals surface area (Å²) in [7, 11) is 0. The van der Waals surface area contributed by atoms with Gasteiger partial charge in [-0.15, -0.1) is 0 Å². The van der Waals surface area contributed by atoms with Gasteiger partial charge in [-0.2, -0.15) is 0 Å². The van der Waals surface area contributed by atoms with Gasteiger partial charge in [0.15, 0.2) is 0 Å². The molecule has 0 radical (unpaired) electrons. The quantitative estimate of drug-likeness (QED) is 0.640. The van der Waals surface area contributed by atoms with E-state index in [9.17, 15) is 0 Å². The number of imidazole rings is 3. The number of hydrogen-bond donors (Lipinski definition) is 0. The zero-order chi connectivity index (χ0) is 10.8. The Hall–Kier alpha value is -1.73. The fourth-order valence-corrected chi connectivity index (χ4v) is 6.31. The van der Waals surface area contributed by atoms with Crippen LogP contribution in [0.2, 0.25) is 0 Å². The molecule has 3 rings (SSSR count). The summed E-state index contributed by atoms with van der Waals surface area (Å²) >= 11 is -2.14. The Bertz CT molecular complexity index is 445. The molecule has 0 saturated heterocycles. The van der Waals surface area contributed by atoms with Gasteiger partial charge >= 0.3 is 97.9 Å². The van der Waals surface area contributed by atoms with Crippen molar-refractivity contribution < 1.29 is 0 Å². The number of nitrogens with zero attached hydrogens (tertiary/aromatic N) is 6. The van der Waals surface area contributed by atoms with Crippen molar-refractivity contribution in [1.82, 2.24) is 24.8 Å². The molecule has 3 heterocycles. The molecular weight excluding hydrogens is 262 g/mol. The van der Waals surface area contributed by atoms with E-state index in [1.807, 2.05) is 37.6 Å². The molecule has 0 saturated carbocycles. The van der Waals surface area contributed by atoms with Gasteiger partial charge in [0.05, 0.1) is 0 Å². The molecule has 6 nitrogen and oxygen atoms in total. The van der Waals surface area contributed by atoms with Crippen LogP contribution >= 0.6 is 0 Å². The van der Waals surface area contributed by atoms with Gasteiger partial charge in [0.1, 0.15) is 0 Å². The van der Waals surface area contributed by atoms with Crippen molar-refractivity contribution in [3.8, 4) is 0 Å². The van der Waals surface area contributed by atoms with Crippen molar-refractivity contribution in [2.24, 2.45) is 0 Å². The molecule has 0 fully saturated rings. The minimum absolute atomic E-state index is 1.80. The summed E-state index contributed by atoms with van der Waals surface area (Å²) < 4.78 is 6.49. The maximum atomic E-state index is 4.11. The van der Waals surface area contributed by atoms with Crippen LogP contribution < -0.4 is 0 Å². The first-order valence-corrected chi connectivity index (χ1v) is 8.12. The molecule has 0 aromatic carbocycles. The van der Waals surface area contributed by atoms with Crippen LogP contribution in [0.4, 0.5) is 0 Å². The van der Waals surface area contributed by atoms with E-state index >= 15 is 0 Å². The van der Waals surface area contributed by atoms with Crippen LogP contribution in [0.15, 0.2) is 56.2 Å².